The van der Waals surface area contributed by atoms with E-state index in [4.69, 9.17) is 10.8 Å². The third-order valence-corrected chi connectivity index (χ3v) is 5.80. The minimum absolute atomic E-state index is 0.0714. The van der Waals surface area contributed by atoms with Crippen molar-refractivity contribution in [3.05, 3.63) is 29.8 Å². The lowest BCUT2D eigenvalue weighted by molar-refractivity contribution is -0.181. The number of hydrogen-bond donors (Lipinski definition) is 8. The maximum absolute atomic E-state index is 12.4. The molecule has 0 aliphatic carbocycles. The molecule has 1 aromatic carbocycles. The van der Waals surface area contributed by atoms with Gasteiger partial charge in [0.2, 0.25) is 5.72 Å². The minimum Gasteiger partial charge on any atom is -0.481 e. The summed E-state index contributed by atoms with van der Waals surface area (Å²) in [4.78, 5) is 52.2. The Hall–Kier alpha value is -3.75. The van der Waals surface area contributed by atoms with Crippen LogP contribution in [0.5, 0.6) is 0 Å². The first kappa shape index (κ1) is 24.9. The molecule has 3 rings (SSSR count). The van der Waals surface area contributed by atoms with Crippen LogP contribution < -0.4 is 27.0 Å². The number of carboxylic acid groups (broad SMARTS) is 2. The second-order valence-electron chi connectivity index (χ2n) is 8.03. The van der Waals surface area contributed by atoms with Gasteiger partial charge in [0.1, 0.15) is 6.04 Å². The van der Waals surface area contributed by atoms with Gasteiger partial charge in [0.05, 0.1) is 0 Å². The summed E-state index contributed by atoms with van der Waals surface area (Å²) in [5.74, 6) is -3.86. The summed E-state index contributed by atoms with van der Waals surface area (Å²) in [5, 5.41) is 39.6. The number of aliphatic hydroxyl groups is 1. The normalized spacial score (nSPS) is 25.4. The van der Waals surface area contributed by atoms with E-state index in [1.807, 2.05) is 0 Å². The molecule has 2 heterocycles. The number of hydrogen-bond acceptors (Lipinski definition) is 10. The van der Waals surface area contributed by atoms with Crippen LogP contribution in [0.15, 0.2) is 29.3 Å². The lowest BCUT2D eigenvalue weighted by atomic mass is 9.99. The number of aliphatic carboxylic acids is 2. The van der Waals surface area contributed by atoms with Gasteiger partial charge in [0.25, 0.3) is 11.8 Å². The molecule has 0 aromatic heterocycles. The quantitative estimate of drug-likeness (QED) is 0.186. The van der Waals surface area contributed by atoms with Gasteiger partial charge < -0.3 is 31.7 Å². The van der Waals surface area contributed by atoms with Crippen molar-refractivity contribution in [1.29, 1.82) is 0 Å². The molecule has 0 saturated carbocycles. The first-order valence-corrected chi connectivity index (χ1v) is 10.4. The first-order valence-electron chi connectivity index (χ1n) is 10.4. The molecule has 2 aliphatic heterocycles. The number of fused-ring (bicyclic) bond motifs is 1. The summed E-state index contributed by atoms with van der Waals surface area (Å²) in [6, 6.07) is 4.61. The number of nitrogens with two attached hydrogens (primary N) is 1. The molecule has 1 aromatic rings. The van der Waals surface area contributed by atoms with Gasteiger partial charge in [0, 0.05) is 36.8 Å². The predicted octanol–water partition coefficient (Wildman–Crippen LogP) is -2.49. The lowest BCUT2D eigenvalue weighted by Gasteiger charge is -2.49. The molecule has 1 saturated heterocycles. The van der Waals surface area contributed by atoms with Crippen molar-refractivity contribution in [3.63, 3.8) is 0 Å². The van der Waals surface area contributed by atoms with Crippen LogP contribution in [-0.2, 0) is 14.4 Å². The molecule has 4 atom stereocenters. The van der Waals surface area contributed by atoms with Crippen LogP contribution >= 0.6 is 0 Å². The van der Waals surface area contributed by atoms with Gasteiger partial charge in [-0.3, -0.25) is 29.9 Å². The second-order valence-corrected chi connectivity index (χ2v) is 8.03. The van der Waals surface area contributed by atoms with Gasteiger partial charge in [-0.1, -0.05) is 0 Å². The summed E-state index contributed by atoms with van der Waals surface area (Å²) in [6.07, 6.45) is -1.52. The molecule has 184 valence electrons. The van der Waals surface area contributed by atoms with Crippen molar-refractivity contribution in [3.8, 4) is 0 Å². The second kappa shape index (κ2) is 10.0. The number of nitrogens with zero attached hydrogens (tertiary/aromatic N) is 2. The average molecular weight is 477 g/mol. The van der Waals surface area contributed by atoms with Gasteiger partial charge in [-0.05, 0) is 37.7 Å². The fourth-order valence-corrected chi connectivity index (χ4v) is 3.75. The molecule has 14 nitrogen and oxygen atoms in total. The zero-order valence-corrected chi connectivity index (χ0v) is 18.3. The number of amides is 2. The van der Waals surface area contributed by atoms with Crippen LogP contribution in [0.4, 0.5) is 5.69 Å². The third-order valence-electron chi connectivity index (χ3n) is 5.80. The zero-order valence-electron chi connectivity index (χ0n) is 18.3. The number of guanidine groups is 1. The standard InChI is InChI=1S/C20H27N7O7/c1-27-12(9-23-17-20(27,34)18(33)26-19(21)25-17)8-22-11-4-2-10(3-5-11)15(30)24-13(16(31)32)6-7-14(28)29/h2-5,12-13,17,22-23,34H,6-9H2,1H3,(H,24,30)(H,28,29)(H,31,32)(H3,21,25,26,33)/t12?,13-,17?,20?/m0/s1. The highest BCUT2D eigenvalue weighted by molar-refractivity contribution is 6.02. The van der Waals surface area contributed by atoms with Crippen LogP contribution in [0, 0.1) is 0 Å². The average Bonchev–Trinajstić information content (AvgIpc) is 2.78. The number of carbonyl (C=O) groups is 4. The number of rotatable bonds is 9. The molecule has 2 amide bonds. The summed E-state index contributed by atoms with van der Waals surface area (Å²) < 4.78 is 0. The van der Waals surface area contributed by atoms with Crippen LogP contribution in [0.2, 0.25) is 0 Å². The number of carboxylic acids is 2. The van der Waals surface area contributed by atoms with E-state index in [1.54, 1.807) is 19.2 Å². The van der Waals surface area contributed by atoms with Crippen molar-refractivity contribution < 1.29 is 34.5 Å². The number of likely N-dealkylation sites (N-methyl/N-ethyl adjacent to an activating group) is 1. The number of anilines is 1. The van der Waals surface area contributed by atoms with Crippen LogP contribution in [0.25, 0.3) is 0 Å². The Balaban J connectivity index is 1.58. The van der Waals surface area contributed by atoms with E-state index in [1.165, 1.54) is 17.0 Å². The molecule has 0 bridgehead atoms. The van der Waals surface area contributed by atoms with Crippen LogP contribution in [0.3, 0.4) is 0 Å². The van der Waals surface area contributed by atoms with Crippen molar-refractivity contribution >= 4 is 35.4 Å². The maximum Gasteiger partial charge on any atom is 0.326 e. The third kappa shape index (κ3) is 5.24. The SMILES string of the molecule is CN1C(CNc2ccc(C(=O)N[C@@H](CCC(=O)O)C(=O)O)cc2)CNC2N=C(N)NC(=O)C21O. The van der Waals surface area contributed by atoms with Gasteiger partial charge in [-0.25, -0.2) is 9.79 Å². The van der Waals surface area contributed by atoms with Crippen molar-refractivity contribution in [2.75, 3.05) is 25.5 Å². The van der Waals surface area contributed by atoms with Crippen molar-refractivity contribution in [2.24, 2.45) is 10.7 Å². The Morgan fingerprint density at radius 2 is 1.97 bits per heavy atom. The van der Waals surface area contributed by atoms with E-state index >= 15 is 0 Å². The van der Waals surface area contributed by atoms with Crippen molar-refractivity contribution in [1.82, 2.24) is 20.9 Å². The zero-order chi connectivity index (χ0) is 25.0. The van der Waals surface area contributed by atoms with E-state index in [0.29, 0.717) is 18.8 Å². The summed E-state index contributed by atoms with van der Waals surface area (Å²) >= 11 is 0. The Morgan fingerprint density at radius 1 is 1.29 bits per heavy atom. The van der Waals surface area contributed by atoms with Crippen LogP contribution in [-0.4, -0.2) is 94.0 Å². The smallest absolute Gasteiger partial charge is 0.326 e. The molecular weight excluding hydrogens is 450 g/mol. The molecule has 0 spiro atoms. The Labute approximate surface area is 194 Å². The van der Waals surface area contributed by atoms with E-state index in [-0.39, 0.29) is 30.4 Å². The highest BCUT2D eigenvalue weighted by Gasteiger charge is 2.55. The molecule has 1 fully saturated rings. The van der Waals surface area contributed by atoms with Gasteiger partial charge >= 0.3 is 11.9 Å². The Morgan fingerprint density at radius 3 is 2.59 bits per heavy atom. The fraction of sp³-hybridized carbons (Fsp3) is 0.450. The summed E-state index contributed by atoms with van der Waals surface area (Å²) in [6.45, 7) is 0.751. The van der Waals surface area contributed by atoms with Crippen molar-refractivity contribution in [2.45, 2.75) is 36.8 Å². The maximum atomic E-state index is 12.4. The molecule has 3 unspecified atom stereocenters. The highest BCUT2D eigenvalue weighted by Crippen LogP contribution is 2.26. The van der Waals surface area contributed by atoms with E-state index in [2.05, 4.69) is 26.3 Å². The first-order chi connectivity index (χ1) is 16.0. The van der Waals surface area contributed by atoms with E-state index in [9.17, 15) is 29.4 Å². The monoisotopic (exact) mass is 477 g/mol. The lowest BCUT2D eigenvalue weighted by Crippen LogP contribution is -2.77. The Bertz CT molecular complexity index is 999. The molecular formula is C20H27N7O7. The molecule has 34 heavy (non-hydrogen) atoms. The van der Waals surface area contributed by atoms with Gasteiger partial charge in [-0.15, -0.1) is 0 Å². The molecule has 2 aliphatic rings. The number of nitrogens with one attached hydrogen (secondary N) is 4. The van der Waals surface area contributed by atoms with E-state index in [0.717, 1.165) is 0 Å². The Kier molecular flexibility index (Phi) is 7.34. The number of benzene rings is 1. The summed E-state index contributed by atoms with van der Waals surface area (Å²) in [5.41, 5.74) is 4.51. The largest absolute Gasteiger partial charge is 0.481 e. The number of piperazine rings is 1. The predicted molar refractivity (Wildman–Crippen MR) is 119 cm³/mol. The summed E-state index contributed by atoms with van der Waals surface area (Å²) in [7, 11) is 1.60. The molecule has 0 radical (unpaired) electrons. The topological polar surface area (TPSA) is 219 Å². The number of aliphatic imine (C=N–C) groups is 1. The van der Waals surface area contributed by atoms with Crippen LogP contribution in [0.1, 0.15) is 23.2 Å². The number of carbonyl (C=O) groups excluding carboxylic acids is 2. The minimum atomic E-state index is -1.91. The van der Waals surface area contributed by atoms with Gasteiger partial charge in [0.15, 0.2) is 12.1 Å². The highest BCUT2D eigenvalue weighted by atomic mass is 16.4. The molecule has 14 heteroatoms. The van der Waals surface area contributed by atoms with Gasteiger partial charge in [-0.2, -0.15) is 0 Å². The molecule has 9 N–H and O–H groups in total. The fourth-order valence-electron chi connectivity index (χ4n) is 3.75. The van der Waals surface area contributed by atoms with E-state index < -0.39 is 41.7 Å².